The van der Waals surface area contributed by atoms with Gasteiger partial charge >= 0.3 is 6.03 Å². The number of benzene rings is 2. The van der Waals surface area contributed by atoms with Crippen LogP contribution in [0.1, 0.15) is 22.9 Å². The summed E-state index contributed by atoms with van der Waals surface area (Å²) in [5, 5.41) is 6.12. The van der Waals surface area contributed by atoms with Gasteiger partial charge in [0.2, 0.25) is 5.91 Å². The zero-order valence-corrected chi connectivity index (χ0v) is 19.4. The summed E-state index contributed by atoms with van der Waals surface area (Å²) >= 11 is 0. The lowest BCUT2D eigenvalue weighted by Crippen LogP contribution is -2.73. The van der Waals surface area contributed by atoms with Crippen molar-refractivity contribution in [2.24, 2.45) is 0 Å². The highest BCUT2D eigenvalue weighted by atomic mass is 16.3. The minimum absolute atomic E-state index is 0.00987. The summed E-state index contributed by atoms with van der Waals surface area (Å²) in [6, 6.07) is 21.2. The highest BCUT2D eigenvalue weighted by molar-refractivity contribution is 5.92. The van der Waals surface area contributed by atoms with E-state index < -0.39 is 12.2 Å². The summed E-state index contributed by atoms with van der Waals surface area (Å²) in [6.45, 7) is 0.750. The highest BCUT2D eigenvalue weighted by Gasteiger charge is 2.51. The van der Waals surface area contributed by atoms with Crippen LogP contribution in [-0.4, -0.2) is 64.0 Å². The number of fused-ring (bicyclic) bond motifs is 1. The van der Waals surface area contributed by atoms with Gasteiger partial charge in [0.15, 0.2) is 0 Å². The second-order valence-corrected chi connectivity index (χ2v) is 8.70. The third-order valence-electron chi connectivity index (χ3n) is 6.37. The van der Waals surface area contributed by atoms with E-state index in [2.05, 4.69) is 5.32 Å². The molecule has 9 heteroatoms. The second-order valence-electron chi connectivity index (χ2n) is 8.70. The topological polar surface area (TPSA) is 89.3 Å². The molecule has 0 radical (unpaired) electrons. The van der Waals surface area contributed by atoms with Gasteiger partial charge in [-0.1, -0.05) is 60.7 Å². The molecule has 1 N–H and O–H groups in total. The average Bonchev–Trinajstić information content (AvgIpc) is 3.38. The molecule has 1 aromatic heterocycles. The van der Waals surface area contributed by atoms with E-state index in [1.54, 1.807) is 45.3 Å². The maximum Gasteiger partial charge on any atom is 0.334 e. The lowest BCUT2D eigenvalue weighted by Gasteiger charge is -2.54. The van der Waals surface area contributed by atoms with Gasteiger partial charge in [-0.05, 0) is 23.3 Å². The monoisotopic (exact) mass is 473 g/mol. The first-order valence-electron chi connectivity index (χ1n) is 11.5. The number of nitrogens with zero attached hydrogens (tertiary/aromatic N) is 4. The number of nitrogens with one attached hydrogen (secondary N) is 1. The van der Waals surface area contributed by atoms with Crippen molar-refractivity contribution in [2.45, 2.75) is 25.3 Å². The molecule has 3 aromatic rings. The molecule has 0 bridgehead atoms. The third kappa shape index (κ3) is 4.50. The van der Waals surface area contributed by atoms with Gasteiger partial charge in [0.1, 0.15) is 18.0 Å². The smallest absolute Gasteiger partial charge is 0.334 e. The molecule has 180 valence electrons. The molecular formula is C26H27N5O4. The number of amides is 4. The van der Waals surface area contributed by atoms with Crippen molar-refractivity contribution in [3.05, 3.63) is 95.9 Å². The molecule has 0 spiro atoms. The van der Waals surface area contributed by atoms with Crippen LogP contribution in [0.15, 0.2) is 83.5 Å². The molecule has 3 heterocycles. The Labute approximate surface area is 203 Å². The van der Waals surface area contributed by atoms with Gasteiger partial charge in [0, 0.05) is 13.6 Å². The SMILES string of the molecule is CN1CC(=O)N2C(CN(Cc3ccco3)C(=O)[C@@H]2c2ccccc2)N1C(=O)NCc1ccccc1. The average molecular weight is 474 g/mol. The fourth-order valence-corrected chi connectivity index (χ4v) is 4.74. The van der Waals surface area contributed by atoms with Crippen molar-refractivity contribution in [1.82, 2.24) is 25.1 Å². The summed E-state index contributed by atoms with van der Waals surface area (Å²) in [7, 11) is 1.71. The van der Waals surface area contributed by atoms with E-state index in [4.69, 9.17) is 4.42 Å². The number of furan rings is 1. The van der Waals surface area contributed by atoms with Crippen LogP contribution < -0.4 is 5.32 Å². The molecule has 1 unspecified atom stereocenters. The van der Waals surface area contributed by atoms with Crippen LogP contribution in [0.5, 0.6) is 0 Å². The minimum atomic E-state index is -0.837. The van der Waals surface area contributed by atoms with Crippen molar-refractivity contribution in [2.75, 3.05) is 20.1 Å². The zero-order valence-electron chi connectivity index (χ0n) is 19.4. The number of carbonyl (C=O) groups is 3. The first kappa shape index (κ1) is 22.7. The highest BCUT2D eigenvalue weighted by Crippen LogP contribution is 2.35. The number of urea groups is 1. The Morgan fingerprint density at radius 3 is 2.40 bits per heavy atom. The molecule has 9 nitrogen and oxygen atoms in total. The van der Waals surface area contributed by atoms with Gasteiger partial charge < -0.3 is 19.5 Å². The van der Waals surface area contributed by atoms with Crippen molar-refractivity contribution in [3.63, 3.8) is 0 Å². The van der Waals surface area contributed by atoms with Gasteiger partial charge in [-0.3, -0.25) is 9.59 Å². The maximum atomic E-state index is 13.7. The number of rotatable bonds is 5. The molecule has 2 saturated heterocycles. The molecule has 0 aliphatic carbocycles. The minimum Gasteiger partial charge on any atom is -0.467 e. The Balaban J connectivity index is 1.47. The number of hydrogen-bond acceptors (Lipinski definition) is 5. The van der Waals surface area contributed by atoms with E-state index in [0.29, 0.717) is 17.9 Å². The van der Waals surface area contributed by atoms with Gasteiger partial charge in [-0.2, -0.15) is 0 Å². The van der Waals surface area contributed by atoms with Crippen molar-refractivity contribution >= 4 is 17.8 Å². The molecule has 2 aliphatic heterocycles. The summed E-state index contributed by atoms with van der Waals surface area (Å²) in [5.41, 5.74) is 1.67. The Morgan fingerprint density at radius 1 is 1.00 bits per heavy atom. The van der Waals surface area contributed by atoms with E-state index in [1.807, 2.05) is 60.7 Å². The summed E-state index contributed by atoms with van der Waals surface area (Å²) in [6.07, 6.45) is 0.890. The van der Waals surface area contributed by atoms with Gasteiger partial charge in [-0.15, -0.1) is 0 Å². The molecule has 4 amide bonds. The molecule has 5 rings (SSSR count). The van der Waals surface area contributed by atoms with E-state index >= 15 is 0 Å². The Morgan fingerprint density at radius 2 is 1.71 bits per heavy atom. The van der Waals surface area contributed by atoms with Crippen LogP contribution in [0.3, 0.4) is 0 Å². The molecular weight excluding hydrogens is 446 g/mol. The lowest BCUT2D eigenvalue weighted by molar-refractivity contribution is -0.188. The number of carbonyl (C=O) groups excluding carboxylic acids is 3. The summed E-state index contributed by atoms with van der Waals surface area (Å²) in [4.78, 5) is 43.6. The van der Waals surface area contributed by atoms with Gasteiger partial charge in [0.05, 0.1) is 25.9 Å². The summed E-state index contributed by atoms with van der Waals surface area (Å²) < 4.78 is 5.49. The maximum absolute atomic E-state index is 13.7. The van der Waals surface area contributed by atoms with Crippen LogP contribution >= 0.6 is 0 Å². The van der Waals surface area contributed by atoms with Crippen LogP contribution in [0.4, 0.5) is 4.79 Å². The van der Waals surface area contributed by atoms with E-state index in [1.165, 1.54) is 0 Å². The van der Waals surface area contributed by atoms with Crippen LogP contribution in [0.25, 0.3) is 0 Å². The normalized spacial score (nSPS) is 20.7. The van der Waals surface area contributed by atoms with Gasteiger partial charge in [-0.25, -0.2) is 14.8 Å². The molecule has 2 aliphatic rings. The molecule has 35 heavy (non-hydrogen) atoms. The Hall–Kier alpha value is -4.11. The Kier molecular flexibility index (Phi) is 6.24. The van der Waals surface area contributed by atoms with Crippen LogP contribution in [-0.2, 0) is 22.7 Å². The van der Waals surface area contributed by atoms with Gasteiger partial charge in [0.25, 0.3) is 5.91 Å². The molecule has 0 saturated carbocycles. The van der Waals surface area contributed by atoms with Crippen molar-refractivity contribution in [1.29, 1.82) is 0 Å². The fourth-order valence-electron chi connectivity index (χ4n) is 4.74. The van der Waals surface area contributed by atoms with Crippen LogP contribution in [0, 0.1) is 0 Å². The van der Waals surface area contributed by atoms with E-state index in [9.17, 15) is 14.4 Å². The number of hydrazine groups is 1. The predicted octanol–water partition coefficient (Wildman–Crippen LogP) is 2.59. The number of likely N-dealkylation sites (N-methyl/N-ethyl adjacent to an activating group) is 1. The standard InChI is InChI=1S/C26H27N5O4/c1-28-18-23(32)30-22(31(28)26(34)27-15-19-9-4-2-5-10-19)17-29(16-21-13-8-14-35-21)25(33)24(30)20-11-6-3-7-12-20/h2-14,22,24H,15-18H2,1H3,(H,27,34)/t22?,24-/m0/s1. The lowest BCUT2D eigenvalue weighted by atomic mass is 9.98. The van der Waals surface area contributed by atoms with Crippen molar-refractivity contribution in [3.8, 4) is 0 Å². The second kappa shape index (κ2) is 9.63. The fraction of sp³-hybridized carbons (Fsp3) is 0.269. The number of hydrogen-bond donors (Lipinski definition) is 1. The largest absolute Gasteiger partial charge is 0.467 e. The molecule has 2 fully saturated rings. The Bertz CT molecular complexity index is 1180. The molecule has 2 atom stereocenters. The first-order valence-corrected chi connectivity index (χ1v) is 11.5. The van der Waals surface area contributed by atoms with Crippen molar-refractivity contribution < 1.29 is 18.8 Å². The zero-order chi connectivity index (χ0) is 24.4. The first-order chi connectivity index (χ1) is 17.0. The predicted molar refractivity (Wildman–Crippen MR) is 127 cm³/mol. The van der Waals surface area contributed by atoms with Crippen LogP contribution in [0.2, 0.25) is 0 Å². The summed E-state index contributed by atoms with van der Waals surface area (Å²) in [5.74, 6) is 0.227. The quantitative estimate of drug-likeness (QED) is 0.615. The van der Waals surface area contributed by atoms with E-state index in [-0.39, 0.29) is 37.5 Å². The van der Waals surface area contributed by atoms with E-state index in [0.717, 1.165) is 5.56 Å². The third-order valence-corrected chi connectivity index (χ3v) is 6.37. The number of piperazine rings is 1. The molecule has 2 aromatic carbocycles.